The second kappa shape index (κ2) is 5.81. The largest absolute Gasteiger partial charge is 0.284 e. The standard InChI is InChI=1S/C14H18N4O/c1-10-4-3-5-11(2)18(10)17-14(19)13-7-6-12(8-15)9-16-13/h6-7,9-11H,3-5H2,1-2H3,(H,17,19). The van der Waals surface area contributed by atoms with E-state index in [4.69, 9.17) is 5.26 Å². The number of nitrogens with one attached hydrogen (secondary N) is 1. The van der Waals surface area contributed by atoms with Crippen LogP contribution in [0.15, 0.2) is 18.3 Å². The second-order valence-corrected chi connectivity index (χ2v) is 5.02. The summed E-state index contributed by atoms with van der Waals surface area (Å²) in [6.45, 7) is 4.23. The van der Waals surface area contributed by atoms with Gasteiger partial charge in [0.1, 0.15) is 11.8 Å². The molecule has 1 aromatic heterocycles. The minimum Gasteiger partial charge on any atom is -0.283 e. The second-order valence-electron chi connectivity index (χ2n) is 5.02. The number of hydrogen-bond acceptors (Lipinski definition) is 4. The van der Waals surface area contributed by atoms with E-state index < -0.39 is 0 Å². The maximum atomic E-state index is 12.1. The summed E-state index contributed by atoms with van der Waals surface area (Å²) >= 11 is 0. The first-order valence-electron chi connectivity index (χ1n) is 6.57. The molecule has 0 radical (unpaired) electrons. The molecule has 2 rings (SSSR count). The fourth-order valence-electron chi connectivity index (χ4n) is 2.41. The third kappa shape index (κ3) is 3.09. The molecule has 0 spiro atoms. The van der Waals surface area contributed by atoms with Gasteiger partial charge in [0, 0.05) is 18.3 Å². The average Bonchev–Trinajstić information content (AvgIpc) is 2.43. The van der Waals surface area contributed by atoms with Crippen LogP contribution < -0.4 is 5.43 Å². The van der Waals surface area contributed by atoms with Crippen molar-refractivity contribution in [3.63, 3.8) is 0 Å². The van der Waals surface area contributed by atoms with Gasteiger partial charge in [-0.1, -0.05) is 6.42 Å². The van der Waals surface area contributed by atoms with E-state index in [1.807, 2.05) is 11.1 Å². The Balaban J connectivity index is 2.05. The summed E-state index contributed by atoms with van der Waals surface area (Å²) in [6.07, 6.45) is 4.79. The van der Waals surface area contributed by atoms with Gasteiger partial charge in [0.15, 0.2) is 0 Å². The molecule has 0 aromatic carbocycles. The smallest absolute Gasteiger partial charge is 0.283 e. The van der Waals surface area contributed by atoms with Gasteiger partial charge in [-0.3, -0.25) is 10.2 Å². The fraction of sp³-hybridized carbons (Fsp3) is 0.500. The molecule has 0 aliphatic carbocycles. The predicted octanol–water partition coefficient (Wildman–Crippen LogP) is 1.86. The van der Waals surface area contributed by atoms with Gasteiger partial charge < -0.3 is 0 Å². The number of nitriles is 1. The Kier molecular flexibility index (Phi) is 4.13. The van der Waals surface area contributed by atoms with Crippen LogP contribution in [0.25, 0.3) is 0 Å². The van der Waals surface area contributed by atoms with Crippen LogP contribution >= 0.6 is 0 Å². The summed E-state index contributed by atoms with van der Waals surface area (Å²) in [6, 6.07) is 5.84. The predicted molar refractivity (Wildman–Crippen MR) is 71.0 cm³/mol. The quantitative estimate of drug-likeness (QED) is 0.879. The van der Waals surface area contributed by atoms with Gasteiger partial charge in [-0.15, -0.1) is 0 Å². The Labute approximate surface area is 113 Å². The summed E-state index contributed by atoms with van der Waals surface area (Å²) in [5.74, 6) is -0.218. The van der Waals surface area contributed by atoms with Crippen LogP contribution in [0, 0.1) is 11.3 Å². The monoisotopic (exact) mass is 258 g/mol. The summed E-state index contributed by atoms with van der Waals surface area (Å²) < 4.78 is 0. The number of rotatable bonds is 2. The molecule has 2 unspecified atom stereocenters. The molecule has 1 aliphatic rings. The summed E-state index contributed by atoms with van der Waals surface area (Å²) in [5, 5.41) is 10.7. The number of aromatic nitrogens is 1. The van der Waals surface area contributed by atoms with Gasteiger partial charge in [0.25, 0.3) is 5.91 Å². The molecule has 0 saturated carbocycles. The van der Waals surface area contributed by atoms with Crippen molar-refractivity contribution in [3.05, 3.63) is 29.6 Å². The fourth-order valence-corrected chi connectivity index (χ4v) is 2.41. The summed E-state index contributed by atoms with van der Waals surface area (Å²) in [5.41, 5.74) is 3.71. The first-order chi connectivity index (χ1) is 9.11. The Bertz CT molecular complexity index is 481. The van der Waals surface area contributed by atoms with Gasteiger partial charge in [-0.05, 0) is 38.8 Å². The third-order valence-corrected chi connectivity index (χ3v) is 3.55. The molecule has 2 heterocycles. The topological polar surface area (TPSA) is 69.0 Å². The number of carbonyl (C=O) groups excluding carboxylic acids is 1. The molecule has 1 aromatic rings. The highest BCUT2D eigenvalue weighted by molar-refractivity contribution is 5.91. The summed E-state index contributed by atoms with van der Waals surface area (Å²) in [7, 11) is 0. The van der Waals surface area contributed by atoms with E-state index in [-0.39, 0.29) is 5.91 Å². The highest BCUT2D eigenvalue weighted by atomic mass is 16.2. The minimum absolute atomic E-state index is 0.218. The molecule has 0 bridgehead atoms. The molecule has 2 atom stereocenters. The Morgan fingerprint density at radius 2 is 2.11 bits per heavy atom. The van der Waals surface area contributed by atoms with Crippen LogP contribution in [0.5, 0.6) is 0 Å². The molecular weight excluding hydrogens is 240 g/mol. The van der Waals surface area contributed by atoms with Crippen molar-refractivity contribution < 1.29 is 4.79 Å². The molecule has 1 aliphatic heterocycles. The van der Waals surface area contributed by atoms with E-state index in [0.29, 0.717) is 23.3 Å². The van der Waals surface area contributed by atoms with Gasteiger partial charge in [-0.2, -0.15) is 5.26 Å². The lowest BCUT2D eigenvalue weighted by atomic mass is 10.00. The lowest BCUT2D eigenvalue weighted by molar-refractivity contribution is 0.0366. The maximum absolute atomic E-state index is 12.1. The summed E-state index contributed by atoms with van der Waals surface area (Å²) in [4.78, 5) is 16.1. The molecule has 19 heavy (non-hydrogen) atoms. The molecule has 100 valence electrons. The lowest BCUT2D eigenvalue weighted by Gasteiger charge is -2.38. The van der Waals surface area contributed by atoms with Crippen LogP contribution in [0.2, 0.25) is 0 Å². The van der Waals surface area contributed by atoms with E-state index in [1.54, 1.807) is 12.1 Å². The van der Waals surface area contributed by atoms with Gasteiger partial charge in [-0.25, -0.2) is 9.99 Å². The third-order valence-electron chi connectivity index (χ3n) is 3.55. The average molecular weight is 258 g/mol. The number of hydrogen-bond donors (Lipinski definition) is 1. The SMILES string of the molecule is CC1CCCC(C)N1NC(=O)c1ccc(C#N)cn1. The molecule has 1 N–H and O–H groups in total. The number of amides is 1. The van der Waals surface area contributed by atoms with Crippen LogP contribution in [-0.2, 0) is 0 Å². The first-order valence-corrected chi connectivity index (χ1v) is 6.57. The Hall–Kier alpha value is -1.93. The van der Waals surface area contributed by atoms with Crippen molar-refractivity contribution >= 4 is 5.91 Å². The molecule has 1 saturated heterocycles. The van der Waals surface area contributed by atoms with Gasteiger partial charge >= 0.3 is 0 Å². The van der Waals surface area contributed by atoms with Crippen LogP contribution in [0.4, 0.5) is 0 Å². The van der Waals surface area contributed by atoms with Crippen molar-refractivity contribution in [1.82, 2.24) is 15.4 Å². The number of piperidine rings is 1. The van der Waals surface area contributed by atoms with Crippen LogP contribution in [0.3, 0.4) is 0 Å². The van der Waals surface area contributed by atoms with Crippen molar-refractivity contribution in [2.45, 2.75) is 45.2 Å². The van der Waals surface area contributed by atoms with Crippen molar-refractivity contribution in [2.75, 3.05) is 0 Å². The number of carbonyl (C=O) groups is 1. The zero-order valence-electron chi connectivity index (χ0n) is 11.3. The number of hydrazine groups is 1. The van der Waals surface area contributed by atoms with Crippen molar-refractivity contribution in [3.8, 4) is 6.07 Å². The molecule has 1 amide bonds. The molecular formula is C14H18N4O. The first kappa shape index (κ1) is 13.5. The number of nitrogens with zero attached hydrogens (tertiary/aromatic N) is 3. The van der Waals surface area contributed by atoms with E-state index in [0.717, 1.165) is 12.8 Å². The van der Waals surface area contributed by atoms with Gasteiger partial charge in [0.2, 0.25) is 0 Å². The van der Waals surface area contributed by atoms with E-state index in [1.165, 1.54) is 12.6 Å². The van der Waals surface area contributed by atoms with E-state index >= 15 is 0 Å². The van der Waals surface area contributed by atoms with Crippen LogP contribution in [0.1, 0.15) is 49.2 Å². The minimum atomic E-state index is -0.218. The zero-order chi connectivity index (χ0) is 13.8. The lowest BCUT2D eigenvalue weighted by Crippen LogP contribution is -2.54. The van der Waals surface area contributed by atoms with E-state index in [9.17, 15) is 4.79 Å². The molecule has 5 nitrogen and oxygen atoms in total. The zero-order valence-corrected chi connectivity index (χ0v) is 11.3. The van der Waals surface area contributed by atoms with E-state index in [2.05, 4.69) is 24.3 Å². The molecule has 5 heteroatoms. The highest BCUT2D eigenvalue weighted by Gasteiger charge is 2.26. The van der Waals surface area contributed by atoms with Crippen molar-refractivity contribution in [1.29, 1.82) is 5.26 Å². The number of pyridine rings is 1. The Morgan fingerprint density at radius 1 is 1.42 bits per heavy atom. The highest BCUT2D eigenvalue weighted by Crippen LogP contribution is 2.20. The normalized spacial score (nSPS) is 23.6. The molecule has 1 fully saturated rings. The maximum Gasteiger partial charge on any atom is 0.284 e. The van der Waals surface area contributed by atoms with Crippen molar-refractivity contribution in [2.24, 2.45) is 0 Å². The van der Waals surface area contributed by atoms with Gasteiger partial charge in [0.05, 0.1) is 5.56 Å². The van der Waals surface area contributed by atoms with Crippen LogP contribution in [-0.4, -0.2) is 28.0 Å². The Morgan fingerprint density at radius 3 is 2.63 bits per heavy atom.